The van der Waals surface area contributed by atoms with Gasteiger partial charge in [-0.25, -0.2) is 10.8 Å². The summed E-state index contributed by atoms with van der Waals surface area (Å²) in [6, 6.07) is 4.96. The van der Waals surface area contributed by atoms with E-state index in [0.717, 1.165) is 0 Å². The molecule has 0 spiro atoms. The van der Waals surface area contributed by atoms with E-state index in [1.54, 1.807) is 41.7 Å². The summed E-state index contributed by atoms with van der Waals surface area (Å²) in [4.78, 5) is 22.4. The van der Waals surface area contributed by atoms with Crippen LogP contribution in [0.2, 0.25) is 10.0 Å². The second kappa shape index (κ2) is 7.26. The molecule has 0 fully saturated rings. The SMILES string of the molecule is NC1=C(N(N)c2cnccn2)CCN(C(=O)c2cccc(Cl)c2Cl)C1. The molecule has 7 nitrogen and oxygen atoms in total. The minimum Gasteiger partial charge on any atom is -0.399 e. The largest absolute Gasteiger partial charge is 0.399 e. The standard InChI is InChI=1S/C16H16Cl2N6O/c17-11-3-1-2-10(15(11)18)16(25)23-7-4-13(12(19)9-23)24(20)14-8-21-5-6-22-14/h1-3,5-6,8H,4,7,9,19-20H2. The third-order valence-corrected chi connectivity index (χ3v) is 4.73. The molecular formula is C16H16Cl2N6O. The molecule has 1 aliphatic heterocycles. The Kier molecular flexibility index (Phi) is 5.08. The van der Waals surface area contributed by atoms with Gasteiger partial charge in [0, 0.05) is 31.1 Å². The minimum absolute atomic E-state index is 0.224. The maximum absolute atomic E-state index is 12.7. The van der Waals surface area contributed by atoms with Crippen molar-refractivity contribution in [3.63, 3.8) is 0 Å². The molecule has 0 radical (unpaired) electrons. The zero-order valence-corrected chi connectivity index (χ0v) is 14.7. The number of hydrogen-bond acceptors (Lipinski definition) is 6. The van der Waals surface area contributed by atoms with Crippen molar-refractivity contribution in [2.45, 2.75) is 6.42 Å². The molecule has 9 heteroatoms. The number of benzene rings is 1. The van der Waals surface area contributed by atoms with Gasteiger partial charge in [-0.15, -0.1) is 0 Å². The third kappa shape index (κ3) is 3.53. The average molecular weight is 379 g/mol. The van der Waals surface area contributed by atoms with E-state index in [1.165, 1.54) is 5.01 Å². The molecule has 2 heterocycles. The molecule has 3 rings (SSSR count). The summed E-state index contributed by atoms with van der Waals surface area (Å²) >= 11 is 12.1. The third-order valence-electron chi connectivity index (χ3n) is 3.91. The Morgan fingerprint density at radius 3 is 2.76 bits per heavy atom. The van der Waals surface area contributed by atoms with Crippen molar-refractivity contribution < 1.29 is 4.79 Å². The average Bonchev–Trinajstić information content (AvgIpc) is 2.63. The topological polar surface area (TPSA) is 101 Å². The van der Waals surface area contributed by atoms with E-state index in [2.05, 4.69) is 9.97 Å². The van der Waals surface area contributed by atoms with Gasteiger partial charge in [0.15, 0.2) is 5.82 Å². The van der Waals surface area contributed by atoms with Crippen LogP contribution in [0.25, 0.3) is 0 Å². The van der Waals surface area contributed by atoms with E-state index in [0.29, 0.717) is 40.8 Å². The molecule has 130 valence electrons. The maximum atomic E-state index is 12.7. The number of nitrogens with zero attached hydrogens (tertiary/aromatic N) is 4. The molecule has 1 amide bonds. The van der Waals surface area contributed by atoms with Crippen LogP contribution in [0.4, 0.5) is 5.82 Å². The molecule has 4 N–H and O–H groups in total. The van der Waals surface area contributed by atoms with Gasteiger partial charge >= 0.3 is 0 Å². The van der Waals surface area contributed by atoms with Crippen LogP contribution in [0.1, 0.15) is 16.8 Å². The molecule has 0 atom stereocenters. The summed E-state index contributed by atoms with van der Waals surface area (Å²) in [5.74, 6) is 6.35. The summed E-state index contributed by atoms with van der Waals surface area (Å²) in [6.07, 6.45) is 5.14. The van der Waals surface area contributed by atoms with Crippen molar-refractivity contribution in [1.82, 2.24) is 14.9 Å². The summed E-state index contributed by atoms with van der Waals surface area (Å²) in [7, 11) is 0. The highest BCUT2D eigenvalue weighted by molar-refractivity contribution is 6.43. The van der Waals surface area contributed by atoms with Gasteiger partial charge in [0.1, 0.15) is 0 Å². The summed E-state index contributed by atoms with van der Waals surface area (Å²) < 4.78 is 0. The minimum atomic E-state index is -0.224. The van der Waals surface area contributed by atoms with Gasteiger partial charge in [-0.1, -0.05) is 29.3 Å². The highest BCUT2D eigenvalue weighted by Gasteiger charge is 2.26. The Balaban J connectivity index is 1.80. The highest BCUT2D eigenvalue weighted by Crippen LogP contribution is 2.28. The summed E-state index contributed by atoms with van der Waals surface area (Å²) in [5.41, 5.74) is 7.70. The number of hydrogen-bond donors (Lipinski definition) is 2. The van der Waals surface area contributed by atoms with Crippen LogP contribution in [0.5, 0.6) is 0 Å². The van der Waals surface area contributed by atoms with Crippen LogP contribution in [-0.2, 0) is 0 Å². The quantitative estimate of drug-likeness (QED) is 0.626. The summed E-state index contributed by atoms with van der Waals surface area (Å²) in [5, 5.41) is 1.98. The van der Waals surface area contributed by atoms with Crippen LogP contribution < -0.4 is 16.6 Å². The van der Waals surface area contributed by atoms with E-state index in [1.807, 2.05) is 0 Å². The van der Waals surface area contributed by atoms with Gasteiger partial charge in [-0.2, -0.15) is 0 Å². The first-order chi connectivity index (χ1) is 12.0. The van der Waals surface area contributed by atoms with Crippen LogP contribution in [0, 0.1) is 0 Å². The zero-order valence-electron chi connectivity index (χ0n) is 13.2. The van der Waals surface area contributed by atoms with Crippen molar-refractivity contribution in [3.8, 4) is 0 Å². The highest BCUT2D eigenvalue weighted by atomic mass is 35.5. The van der Waals surface area contributed by atoms with Crippen molar-refractivity contribution >= 4 is 34.9 Å². The first-order valence-corrected chi connectivity index (χ1v) is 8.26. The summed E-state index contributed by atoms with van der Waals surface area (Å²) in [6.45, 7) is 0.691. The Morgan fingerprint density at radius 2 is 2.08 bits per heavy atom. The lowest BCUT2D eigenvalue weighted by atomic mass is 10.1. The number of halogens is 2. The van der Waals surface area contributed by atoms with E-state index in [4.69, 9.17) is 34.8 Å². The van der Waals surface area contributed by atoms with Crippen molar-refractivity contribution in [1.29, 1.82) is 0 Å². The Bertz CT molecular complexity index is 827. The molecule has 0 unspecified atom stereocenters. The van der Waals surface area contributed by atoms with Crippen molar-refractivity contribution in [3.05, 3.63) is 63.8 Å². The van der Waals surface area contributed by atoms with E-state index in [9.17, 15) is 4.79 Å². The van der Waals surface area contributed by atoms with Gasteiger partial charge in [-0.3, -0.25) is 14.8 Å². The molecular weight excluding hydrogens is 363 g/mol. The molecule has 2 aromatic rings. The van der Waals surface area contributed by atoms with E-state index >= 15 is 0 Å². The van der Waals surface area contributed by atoms with E-state index in [-0.39, 0.29) is 17.5 Å². The maximum Gasteiger partial charge on any atom is 0.255 e. The van der Waals surface area contributed by atoms with Gasteiger partial charge in [0.25, 0.3) is 5.91 Å². The lowest BCUT2D eigenvalue weighted by molar-refractivity contribution is 0.0762. The smallest absolute Gasteiger partial charge is 0.255 e. The molecule has 0 saturated carbocycles. The van der Waals surface area contributed by atoms with Gasteiger partial charge in [0.05, 0.1) is 34.0 Å². The lowest BCUT2D eigenvalue weighted by Crippen LogP contribution is -2.44. The van der Waals surface area contributed by atoms with Gasteiger partial charge in [-0.05, 0) is 12.1 Å². The first kappa shape index (κ1) is 17.5. The van der Waals surface area contributed by atoms with Crippen LogP contribution in [-0.4, -0.2) is 33.9 Å². The Labute approximate surface area is 154 Å². The number of amides is 1. The molecule has 0 aliphatic carbocycles. The number of nitrogens with two attached hydrogens (primary N) is 2. The predicted molar refractivity (Wildman–Crippen MR) is 96.9 cm³/mol. The van der Waals surface area contributed by atoms with Crippen LogP contribution >= 0.6 is 23.2 Å². The molecule has 1 aromatic carbocycles. The van der Waals surface area contributed by atoms with Crippen LogP contribution in [0.15, 0.2) is 48.2 Å². The van der Waals surface area contributed by atoms with Crippen molar-refractivity contribution in [2.75, 3.05) is 18.1 Å². The van der Waals surface area contributed by atoms with Gasteiger partial charge in [0.2, 0.25) is 0 Å². The predicted octanol–water partition coefficient (Wildman–Crippen LogP) is 2.18. The fourth-order valence-electron chi connectivity index (χ4n) is 2.62. The zero-order chi connectivity index (χ0) is 18.0. The molecule has 0 saturated heterocycles. The number of carbonyl (C=O) groups excluding carboxylic acids is 1. The molecule has 0 bridgehead atoms. The number of anilines is 1. The molecule has 1 aromatic heterocycles. The monoisotopic (exact) mass is 378 g/mol. The molecule has 25 heavy (non-hydrogen) atoms. The van der Waals surface area contributed by atoms with E-state index < -0.39 is 0 Å². The fraction of sp³-hybridized carbons (Fsp3) is 0.188. The second-order valence-electron chi connectivity index (χ2n) is 5.48. The molecule has 1 aliphatic rings. The first-order valence-electron chi connectivity index (χ1n) is 7.50. The Morgan fingerprint density at radius 1 is 1.28 bits per heavy atom. The lowest BCUT2D eigenvalue weighted by Gasteiger charge is -2.32. The van der Waals surface area contributed by atoms with Gasteiger partial charge < -0.3 is 10.6 Å². The Hall–Kier alpha value is -2.35. The fourth-order valence-corrected chi connectivity index (χ4v) is 3.00. The van der Waals surface area contributed by atoms with Crippen LogP contribution in [0.3, 0.4) is 0 Å². The second-order valence-corrected chi connectivity index (χ2v) is 6.27. The van der Waals surface area contributed by atoms with Crippen molar-refractivity contribution in [2.24, 2.45) is 11.6 Å². The number of rotatable bonds is 3. The number of aromatic nitrogens is 2. The number of carbonyl (C=O) groups is 1. The normalized spacial score (nSPS) is 14.6. The number of hydrazine groups is 1.